The zero-order valence-corrected chi connectivity index (χ0v) is 14.9. The Kier molecular flexibility index (Phi) is 5.30. The standard InChI is InChI=1S/C20H19NO6/c1-25-14-5-3-4-12(8-14)9-16(20(23)24)21-19(22)18-11-13-10-15(26-2)6-7-17(13)27-18/h3-8,10-11,16H,9H2,1-2H3,(H,21,22)(H,23,24). The second kappa shape index (κ2) is 7.82. The third-order valence-corrected chi connectivity index (χ3v) is 4.12. The molecule has 1 atom stereocenters. The predicted molar refractivity (Wildman–Crippen MR) is 98.4 cm³/mol. The van der Waals surface area contributed by atoms with Crippen molar-refractivity contribution in [2.45, 2.75) is 12.5 Å². The molecule has 0 saturated heterocycles. The second-order valence-corrected chi connectivity index (χ2v) is 5.93. The Bertz CT molecular complexity index is 978. The molecule has 0 radical (unpaired) electrons. The summed E-state index contributed by atoms with van der Waals surface area (Å²) in [4.78, 5) is 24.1. The lowest BCUT2D eigenvalue weighted by atomic mass is 10.1. The first-order chi connectivity index (χ1) is 13.0. The van der Waals surface area contributed by atoms with Crippen molar-refractivity contribution < 1.29 is 28.6 Å². The van der Waals surface area contributed by atoms with Gasteiger partial charge < -0.3 is 24.3 Å². The molecule has 27 heavy (non-hydrogen) atoms. The van der Waals surface area contributed by atoms with E-state index in [2.05, 4.69) is 5.32 Å². The number of amides is 1. The van der Waals surface area contributed by atoms with Crippen LogP contribution < -0.4 is 14.8 Å². The van der Waals surface area contributed by atoms with E-state index in [0.717, 1.165) is 5.56 Å². The topological polar surface area (TPSA) is 98.0 Å². The van der Waals surface area contributed by atoms with Gasteiger partial charge >= 0.3 is 5.97 Å². The first-order valence-corrected chi connectivity index (χ1v) is 8.24. The molecule has 1 amide bonds. The summed E-state index contributed by atoms with van der Waals surface area (Å²) in [5.74, 6) is -0.439. The van der Waals surface area contributed by atoms with Gasteiger partial charge in [0.1, 0.15) is 23.1 Å². The van der Waals surface area contributed by atoms with E-state index < -0.39 is 17.9 Å². The summed E-state index contributed by atoms with van der Waals surface area (Å²) in [5.41, 5.74) is 1.25. The number of hydrogen-bond donors (Lipinski definition) is 2. The fraction of sp³-hybridized carbons (Fsp3) is 0.200. The van der Waals surface area contributed by atoms with Gasteiger partial charge in [-0.3, -0.25) is 4.79 Å². The van der Waals surface area contributed by atoms with Crippen molar-refractivity contribution in [3.63, 3.8) is 0 Å². The number of benzene rings is 2. The quantitative estimate of drug-likeness (QED) is 0.665. The van der Waals surface area contributed by atoms with Gasteiger partial charge in [0.2, 0.25) is 0 Å². The highest BCUT2D eigenvalue weighted by Crippen LogP contribution is 2.24. The van der Waals surface area contributed by atoms with Gasteiger partial charge in [0.05, 0.1) is 14.2 Å². The van der Waals surface area contributed by atoms with Gasteiger partial charge in [-0.15, -0.1) is 0 Å². The lowest BCUT2D eigenvalue weighted by Crippen LogP contribution is -2.42. The Morgan fingerprint density at radius 2 is 1.81 bits per heavy atom. The highest BCUT2D eigenvalue weighted by molar-refractivity contribution is 5.98. The fourth-order valence-electron chi connectivity index (χ4n) is 2.72. The molecule has 7 heteroatoms. The molecule has 1 heterocycles. The van der Waals surface area contributed by atoms with E-state index in [1.165, 1.54) is 7.11 Å². The van der Waals surface area contributed by atoms with Crippen LogP contribution in [0.4, 0.5) is 0 Å². The average molecular weight is 369 g/mol. The van der Waals surface area contributed by atoms with Crippen LogP contribution in [0.25, 0.3) is 11.0 Å². The first kappa shape index (κ1) is 18.3. The molecule has 3 rings (SSSR count). The van der Waals surface area contributed by atoms with Gasteiger partial charge in [-0.25, -0.2) is 4.79 Å². The van der Waals surface area contributed by atoms with Crippen LogP contribution >= 0.6 is 0 Å². The smallest absolute Gasteiger partial charge is 0.326 e. The van der Waals surface area contributed by atoms with E-state index in [0.29, 0.717) is 22.5 Å². The largest absolute Gasteiger partial charge is 0.497 e. The number of carboxylic acids is 1. The highest BCUT2D eigenvalue weighted by atomic mass is 16.5. The molecule has 2 N–H and O–H groups in total. The number of hydrogen-bond acceptors (Lipinski definition) is 5. The van der Waals surface area contributed by atoms with Crippen molar-refractivity contribution in [3.8, 4) is 11.5 Å². The molecule has 0 aliphatic heterocycles. The summed E-state index contributed by atoms with van der Waals surface area (Å²) in [6.45, 7) is 0. The van der Waals surface area contributed by atoms with Crippen LogP contribution in [0.2, 0.25) is 0 Å². The number of rotatable bonds is 7. The number of nitrogens with one attached hydrogen (secondary N) is 1. The molecule has 0 aliphatic carbocycles. The number of methoxy groups -OCH3 is 2. The van der Waals surface area contributed by atoms with E-state index in [1.54, 1.807) is 55.6 Å². The molecule has 1 aromatic heterocycles. The minimum absolute atomic E-state index is 0.0372. The van der Waals surface area contributed by atoms with Crippen LogP contribution in [0.1, 0.15) is 16.1 Å². The summed E-state index contributed by atoms with van der Waals surface area (Å²) in [7, 11) is 3.08. The molecule has 140 valence electrons. The zero-order valence-electron chi connectivity index (χ0n) is 14.9. The molecular weight excluding hydrogens is 350 g/mol. The molecule has 3 aromatic rings. The lowest BCUT2D eigenvalue weighted by Gasteiger charge is -2.14. The van der Waals surface area contributed by atoms with Gasteiger partial charge in [0.15, 0.2) is 5.76 Å². The Morgan fingerprint density at radius 3 is 2.52 bits per heavy atom. The molecule has 2 aromatic carbocycles. The first-order valence-electron chi connectivity index (χ1n) is 8.24. The molecular formula is C20H19NO6. The summed E-state index contributed by atoms with van der Waals surface area (Å²) in [6.07, 6.45) is 0.117. The lowest BCUT2D eigenvalue weighted by molar-refractivity contribution is -0.139. The van der Waals surface area contributed by atoms with Crippen LogP contribution in [0, 0.1) is 0 Å². The molecule has 0 bridgehead atoms. The van der Waals surface area contributed by atoms with E-state index in [-0.39, 0.29) is 12.2 Å². The average Bonchev–Trinajstić information content (AvgIpc) is 3.10. The maximum absolute atomic E-state index is 12.5. The monoisotopic (exact) mass is 369 g/mol. The van der Waals surface area contributed by atoms with Crippen molar-refractivity contribution >= 4 is 22.8 Å². The van der Waals surface area contributed by atoms with E-state index >= 15 is 0 Å². The van der Waals surface area contributed by atoms with Gasteiger partial charge in [-0.2, -0.15) is 0 Å². The molecule has 7 nitrogen and oxygen atoms in total. The number of furan rings is 1. The second-order valence-electron chi connectivity index (χ2n) is 5.93. The molecule has 0 saturated carbocycles. The van der Waals surface area contributed by atoms with Crippen LogP contribution in [-0.4, -0.2) is 37.2 Å². The number of carbonyl (C=O) groups excluding carboxylic acids is 1. The van der Waals surface area contributed by atoms with Crippen molar-refractivity contribution in [2.75, 3.05) is 14.2 Å². The van der Waals surface area contributed by atoms with Gasteiger partial charge in [0.25, 0.3) is 5.91 Å². The Balaban J connectivity index is 1.77. The van der Waals surface area contributed by atoms with E-state index in [9.17, 15) is 14.7 Å². The Morgan fingerprint density at radius 1 is 1.07 bits per heavy atom. The van der Waals surface area contributed by atoms with Crippen LogP contribution in [0.3, 0.4) is 0 Å². The fourth-order valence-corrected chi connectivity index (χ4v) is 2.72. The maximum atomic E-state index is 12.5. The Hall–Kier alpha value is -3.48. The summed E-state index contributed by atoms with van der Waals surface area (Å²) < 4.78 is 15.8. The summed E-state index contributed by atoms with van der Waals surface area (Å²) in [5, 5.41) is 12.7. The molecule has 1 unspecified atom stereocenters. The van der Waals surface area contributed by atoms with Crippen molar-refractivity contribution in [3.05, 3.63) is 59.9 Å². The number of carboxylic acid groups (broad SMARTS) is 1. The molecule has 0 aliphatic rings. The predicted octanol–water partition coefficient (Wildman–Crippen LogP) is 2.88. The number of carbonyl (C=O) groups is 2. The molecule has 0 spiro atoms. The van der Waals surface area contributed by atoms with Crippen LogP contribution in [-0.2, 0) is 11.2 Å². The number of aliphatic carboxylic acids is 1. The summed E-state index contributed by atoms with van der Waals surface area (Å²) >= 11 is 0. The SMILES string of the molecule is COc1cccc(CC(NC(=O)c2cc3cc(OC)ccc3o2)C(=O)O)c1. The minimum atomic E-state index is -1.14. The number of ether oxygens (including phenoxy) is 2. The zero-order chi connectivity index (χ0) is 19.4. The summed E-state index contributed by atoms with van der Waals surface area (Å²) in [6, 6.07) is 12.6. The van der Waals surface area contributed by atoms with Crippen molar-refractivity contribution in [2.24, 2.45) is 0 Å². The van der Waals surface area contributed by atoms with Crippen molar-refractivity contribution in [1.82, 2.24) is 5.32 Å². The minimum Gasteiger partial charge on any atom is -0.497 e. The number of fused-ring (bicyclic) bond motifs is 1. The Labute approximate surface area is 155 Å². The normalized spacial score (nSPS) is 11.8. The van der Waals surface area contributed by atoms with Crippen molar-refractivity contribution in [1.29, 1.82) is 0 Å². The van der Waals surface area contributed by atoms with E-state index in [1.807, 2.05) is 0 Å². The highest BCUT2D eigenvalue weighted by Gasteiger charge is 2.23. The third-order valence-electron chi connectivity index (χ3n) is 4.12. The van der Waals surface area contributed by atoms with Crippen LogP contribution in [0.5, 0.6) is 11.5 Å². The van der Waals surface area contributed by atoms with E-state index in [4.69, 9.17) is 13.9 Å². The molecule has 0 fully saturated rings. The van der Waals surface area contributed by atoms with Gasteiger partial charge in [0, 0.05) is 11.8 Å². The third kappa shape index (κ3) is 4.20. The van der Waals surface area contributed by atoms with Gasteiger partial charge in [-0.1, -0.05) is 12.1 Å². The van der Waals surface area contributed by atoms with Gasteiger partial charge in [-0.05, 0) is 42.0 Å². The van der Waals surface area contributed by atoms with Crippen LogP contribution in [0.15, 0.2) is 52.9 Å². The maximum Gasteiger partial charge on any atom is 0.326 e.